The van der Waals surface area contributed by atoms with Gasteiger partial charge in [-0.25, -0.2) is 0 Å². The van der Waals surface area contributed by atoms with Crippen molar-refractivity contribution in [2.24, 2.45) is 0 Å². The molecule has 2 heterocycles. The number of pyridine rings is 2. The summed E-state index contributed by atoms with van der Waals surface area (Å²) in [4.78, 5) is 9.39. The van der Waals surface area contributed by atoms with E-state index in [1.165, 1.54) is 0 Å². The van der Waals surface area contributed by atoms with Crippen molar-refractivity contribution in [1.29, 1.82) is 0 Å². The number of methoxy groups -OCH3 is 2. The number of fused-ring (bicyclic) bond motifs is 2. The number of rotatable bonds is 4. The smallest absolute Gasteiger partial charge is 0.132 e. The van der Waals surface area contributed by atoms with Crippen LogP contribution in [0.15, 0.2) is 85.2 Å². The van der Waals surface area contributed by atoms with E-state index in [1.54, 1.807) is 14.2 Å². The summed E-state index contributed by atoms with van der Waals surface area (Å²) in [5.74, 6) is 1.42. The molecular weight excluding hydrogens is 372 g/mol. The van der Waals surface area contributed by atoms with Crippen molar-refractivity contribution in [2.45, 2.75) is 0 Å². The number of benzene rings is 3. The normalized spacial score (nSPS) is 11.0. The Hall–Kier alpha value is -3.92. The van der Waals surface area contributed by atoms with E-state index in [-0.39, 0.29) is 0 Å². The van der Waals surface area contributed by atoms with Gasteiger partial charge in [-0.05, 0) is 29.0 Å². The molecule has 0 aliphatic carbocycles. The van der Waals surface area contributed by atoms with Crippen LogP contribution in [0.25, 0.3) is 44.1 Å². The molecule has 30 heavy (non-hydrogen) atoms. The minimum atomic E-state index is 0.708. The van der Waals surface area contributed by atoms with E-state index in [2.05, 4.69) is 30.3 Å². The minimum Gasteiger partial charge on any atom is -0.496 e. The Labute approximate surface area is 174 Å². The second-order valence-corrected chi connectivity index (χ2v) is 7.01. The van der Waals surface area contributed by atoms with Crippen LogP contribution in [0.4, 0.5) is 0 Å². The summed E-state index contributed by atoms with van der Waals surface area (Å²) in [6.07, 6.45) is 3.66. The van der Waals surface area contributed by atoms with E-state index >= 15 is 0 Å². The van der Waals surface area contributed by atoms with Crippen molar-refractivity contribution in [2.75, 3.05) is 14.2 Å². The number of ether oxygens (including phenoxy) is 2. The first-order chi connectivity index (χ1) is 14.8. The predicted molar refractivity (Wildman–Crippen MR) is 121 cm³/mol. The van der Waals surface area contributed by atoms with Gasteiger partial charge in [-0.2, -0.15) is 0 Å². The molecule has 5 aromatic rings. The lowest BCUT2D eigenvalue weighted by atomic mass is 9.97. The van der Waals surface area contributed by atoms with Gasteiger partial charge in [-0.1, -0.05) is 48.5 Å². The van der Waals surface area contributed by atoms with Crippen LogP contribution in [-0.4, -0.2) is 24.2 Å². The van der Waals surface area contributed by atoms with Crippen LogP contribution in [-0.2, 0) is 0 Å². The molecule has 0 bridgehead atoms. The highest BCUT2D eigenvalue weighted by atomic mass is 16.5. The molecule has 0 saturated heterocycles. The molecule has 0 radical (unpaired) electrons. The Bertz CT molecular complexity index is 1270. The molecule has 0 unspecified atom stereocenters. The van der Waals surface area contributed by atoms with Gasteiger partial charge in [-0.15, -0.1) is 0 Å². The predicted octanol–water partition coefficient (Wildman–Crippen LogP) is 6.13. The third-order valence-corrected chi connectivity index (χ3v) is 5.38. The maximum atomic E-state index is 5.73. The number of aromatic nitrogens is 2. The summed E-state index contributed by atoms with van der Waals surface area (Å²) in [6.45, 7) is 0. The Morgan fingerprint density at radius 3 is 1.50 bits per heavy atom. The number of nitrogens with zero attached hydrogens (tertiary/aromatic N) is 2. The lowest BCUT2D eigenvalue weighted by molar-refractivity contribution is 0.396. The van der Waals surface area contributed by atoms with Crippen molar-refractivity contribution in [3.05, 3.63) is 85.2 Å². The zero-order valence-electron chi connectivity index (χ0n) is 16.8. The molecule has 0 spiro atoms. The van der Waals surface area contributed by atoms with Crippen molar-refractivity contribution in [3.63, 3.8) is 0 Å². The molecule has 4 heteroatoms. The fraction of sp³-hybridized carbons (Fsp3) is 0.0769. The summed E-state index contributed by atoms with van der Waals surface area (Å²) in [5.41, 5.74) is 3.54. The first-order valence-electron chi connectivity index (χ1n) is 9.74. The maximum absolute atomic E-state index is 5.73. The van der Waals surface area contributed by atoms with Gasteiger partial charge in [0, 0.05) is 40.4 Å². The highest BCUT2D eigenvalue weighted by Gasteiger charge is 2.18. The Morgan fingerprint density at radius 1 is 0.567 bits per heavy atom. The quantitative estimate of drug-likeness (QED) is 0.369. The van der Waals surface area contributed by atoms with Gasteiger partial charge in [0.2, 0.25) is 0 Å². The summed E-state index contributed by atoms with van der Waals surface area (Å²) in [5, 5.41) is 4.40. The lowest BCUT2D eigenvalue weighted by Crippen LogP contribution is -1.97. The zero-order chi connectivity index (χ0) is 20.5. The van der Waals surface area contributed by atoms with Crippen LogP contribution < -0.4 is 9.47 Å². The Morgan fingerprint density at radius 2 is 1.03 bits per heavy atom. The lowest BCUT2D eigenvalue weighted by Gasteiger charge is -2.16. The van der Waals surface area contributed by atoms with E-state index in [9.17, 15) is 0 Å². The molecule has 0 fully saturated rings. The first-order valence-corrected chi connectivity index (χ1v) is 9.74. The summed E-state index contributed by atoms with van der Waals surface area (Å²) < 4.78 is 11.5. The van der Waals surface area contributed by atoms with Crippen molar-refractivity contribution in [3.8, 4) is 34.0 Å². The van der Waals surface area contributed by atoms with E-state index in [1.807, 2.05) is 54.9 Å². The van der Waals surface area contributed by atoms with E-state index in [4.69, 9.17) is 19.4 Å². The van der Waals surface area contributed by atoms with Crippen LogP contribution in [0, 0.1) is 0 Å². The molecule has 2 aromatic heterocycles. The SMILES string of the molecule is COc1cc(OC)c(-c2nccc3ccccc23)cc1-c1nccc2ccccc12. The third-order valence-electron chi connectivity index (χ3n) is 5.38. The second kappa shape index (κ2) is 7.48. The van der Waals surface area contributed by atoms with Crippen LogP contribution in [0.3, 0.4) is 0 Å². The molecular formula is C26H20N2O2. The molecule has 0 N–H and O–H groups in total. The number of hydrogen-bond acceptors (Lipinski definition) is 4. The molecule has 3 aromatic carbocycles. The largest absolute Gasteiger partial charge is 0.496 e. The molecule has 4 nitrogen and oxygen atoms in total. The zero-order valence-corrected chi connectivity index (χ0v) is 16.8. The monoisotopic (exact) mass is 392 g/mol. The highest BCUT2D eigenvalue weighted by Crippen LogP contribution is 2.42. The first kappa shape index (κ1) is 18.1. The molecule has 146 valence electrons. The summed E-state index contributed by atoms with van der Waals surface area (Å²) >= 11 is 0. The van der Waals surface area contributed by atoms with Gasteiger partial charge in [-0.3, -0.25) is 9.97 Å². The van der Waals surface area contributed by atoms with Gasteiger partial charge < -0.3 is 9.47 Å². The van der Waals surface area contributed by atoms with Gasteiger partial charge in [0.25, 0.3) is 0 Å². The van der Waals surface area contributed by atoms with Crippen LogP contribution in [0.5, 0.6) is 11.5 Å². The van der Waals surface area contributed by atoms with Crippen LogP contribution in [0.1, 0.15) is 0 Å². The summed E-state index contributed by atoms with van der Waals surface area (Å²) in [6, 6.07) is 24.5. The third kappa shape index (κ3) is 2.94. The average molecular weight is 392 g/mol. The van der Waals surface area contributed by atoms with Gasteiger partial charge >= 0.3 is 0 Å². The van der Waals surface area contributed by atoms with Gasteiger partial charge in [0.1, 0.15) is 11.5 Å². The van der Waals surface area contributed by atoms with E-state index in [0.29, 0.717) is 11.5 Å². The minimum absolute atomic E-state index is 0.708. The van der Waals surface area contributed by atoms with Gasteiger partial charge in [0.15, 0.2) is 0 Å². The molecule has 0 aliphatic heterocycles. The van der Waals surface area contributed by atoms with Crippen LogP contribution in [0.2, 0.25) is 0 Å². The van der Waals surface area contributed by atoms with Gasteiger partial charge in [0.05, 0.1) is 25.6 Å². The molecule has 0 atom stereocenters. The van der Waals surface area contributed by atoms with E-state index < -0.39 is 0 Å². The standard InChI is InChI=1S/C26H20N2O2/c1-29-23-16-24(30-2)22(26-20-10-6-4-8-18(20)12-14-28-26)15-21(23)25-19-9-5-3-7-17(19)11-13-27-25/h3-16H,1-2H3. The Balaban J connectivity index is 1.83. The summed E-state index contributed by atoms with van der Waals surface area (Å²) in [7, 11) is 3.33. The van der Waals surface area contributed by atoms with Crippen molar-refractivity contribution >= 4 is 21.5 Å². The molecule has 0 aliphatic rings. The van der Waals surface area contributed by atoms with Crippen molar-refractivity contribution in [1.82, 2.24) is 9.97 Å². The molecule has 0 saturated carbocycles. The second-order valence-electron chi connectivity index (χ2n) is 7.01. The maximum Gasteiger partial charge on any atom is 0.132 e. The number of hydrogen-bond donors (Lipinski definition) is 0. The molecule has 0 amide bonds. The Kier molecular flexibility index (Phi) is 4.52. The fourth-order valence-electron chi connectivity index (χ4n) is 3.94. The average Bonchev–Trinajstić information content (AvgIpc) is 2.82. The molecule has 5 rings (SSSR count). The topological polar surface area (TPSA) is 44.2 Å². The highest BCUT2D eigenvalue weighted by molar-refractivity contribution is 6.00. The van der Waals surface area contributed by atoms with Crippen LogP contribution >= 0.6 is 0 Å². The van der Waals surface area contributed by atoms with Crippen molar-refractivity contribution < 1.29 is 9.47 Å². The fourth-order valence-corrected chi connectivity index (χ4v) is 3.94. The van der Waals surface area contributed by atoms with E-state index in [0.717, 1.165) is 44.1 Å².